The molecule has 24 heavy (non-hydrogen) atoms. The number of rotatable bonds is 8. The van der Waals surface area contributed by atoms with Gasteiger partial charge in [-0.3, -0.25) is 4.79 Å². The van der Waals surface area contributed by atoms with E-state index >= 15 is 0 Å². The second-order valence-corrected chi connectivity index (χ2v) is 6.38. The number of benzene rings is 1. The van der Waals surface area contributed by atoms with Crippen molar-refractivity contribution < 1.29 is 9.53 Å². The fraction of sp³-hybridized carbons (Fsp3) is 0.632. The third-order valence-corrected chi connectivity index (χ3v) is 4.69. The molecule has 0 saturated heterocycles. The Labute approximate surface area is 151 Å². The van der Waals surface area contributed by atoms with Crippen molar-refractivity contribution in [1.29, 1.82) is 0 Å². The van der Waals surface area contributed by atoms with E-state index in [-0.39, 0.29) is 24.4 Å². The Bertz CT molecular complexity index is 473. The third kappa shape index (κ3) is 6.70. The summed E-state index contributed by atoms with van der Waals surface area (Å²) in [6, 6.07) is 8.12. The molecule has 0 aromatic heterocycles. The molecule has 5 heteroatoms. The Balaban J connectivity index is 0.00000288. The fourth-order valence-electron chi connectivity index (χ4n) is 3.36. The summed E-state index contributed by atoms with van der Waals surface area (Å²) >= 11 is 0. The van der Waals surface area contributed by atoms with E-state index in [9.17, 15) is 4.79 Å². The minimum Gasteiger partial charge on any atom is -0.494 e. The molecule has 0 bridgehead atoms. The number of hydrogen-bond donors (Lipinski definition) is 2. The van der Waals surface area contributed by atoms with Gasteiger partial charge in [0.25, 0.3) is 0 Å². The number of carbonyl (C=O) groups excluding carboxylic acids is 1. The number of ether oxygens (including phenoxy) is 1. The van der Waals surface area contributed by atoms with Crippen LogP contribution in [0.5, 0.6) is 5.75 Å². The quantitative estimate of drug-likeness (QED) is 0.751. The van der Waals surface area contributed by atoms with E-state index in [4.69, 9.17) is 10.5 Å². The van der Waals surface area contributed by atoms with E-state index in [2.05, 4.69) is 5.32 Å². The number of nitrogens with two attached hydrogens (primary N) is 1. The number of hydrogen-bond acceptors (Lipinski definition) is 3. The summed E-state index contributed by atoms with van der Waals surface area (Å²) in [6.07, 6.45) is 7.51. The van der Waals surface area contributed by atoms with Crippen molar-refractivity contribution in [3.05, 3.63) is 29.8 Å². The van der Waals surface area contributed by atoms with Gasteiger partial charge in [-0.05, 0) is 49.8 Å². The highest BCUT2D eigenvalue weighted by atomic mass is 35.5. The van der Waals surface area contributed by atoms with E-state index in [0.717, 1.165) is 17.7 Å². The molecule has 0 spiro atoms. The van der Waals surface area contributed by atoms with Crippen LogP contribution in [0.25, 0.3) is 0 Å². The van der Waals surface area contributed by atoms with Crippen molar-refractivity contribution in [2.45, 2.75) is 57.9 Å². The van der Waals surface area contributed by atoms with E-state index < -0.39 is 0 Å². The number of halogens is 1. The molecule has 3 N–H and O–H groups in total. The average molecular weight is 355 g/mol. The van der Waals surface area contributed by atoms with Gasteiger partial charge in [0.05, 0.1) is 6.61 Å². The lowest BCUT2D eigenvalue weighted by molar-refractivity contribution is -0.122. The maximum atomic E-state index is 12.2. The highest BCUT2D eigenvalue weighted by Crippen LogP contribution is 2.26. The zero-order chi connectivity index (χ0) is 16.5. The first-order valence-corrected chi connectivity index (χ1v) is 8.94. The Kier molecular flexibility index (Phi) is 9.80. The van der Waals surface area contributed by atoms with Gasteiger partial charge in [-0.2, -0.15) is 0 Å². The van der Waals surface area contributed by atoms with Crippen molar-refractivity contribution in [2.75, 3.05) is 13.2 Å². The third-order valence-electron chi connectivity index (χ3n) is 4.69. The first-order chi connectivity index (χ1) is 11.2. The maximum absolute atomic E-state index is 12.2. The minimum atomic E-state index is 0. The summed E-state index contributed by atoms with van der Waals surface area (Å²) in [5, 5.41) is 3.15. The Hall–Kier alpha value is -1.26. The van der Waals surface area contributed by atoms with Crippen LogP contribution in [0.3, 0.4) is 0 Å². The molecular weight excluding hydrogens is 324 g/mol. The molecule has 1 aliphatic carbocycles. The largest absolute Gasteiger partial charge is 0.494 e. The van der Waals surface area contributed by atoms with E-state index in [1.54, 1.807) is 0 Å². The van der Waals surface area contributed by atoms with Crippen molar-refractivity contribution in [1.82, 2.24) is 5.32 Å². The fourth-order valence-corrected chi connectivity index (χ4v) is 3.36. The summed E-state index contributed by atoms with van der Waals surface area (Å²) in [6.45, 7) is 3.18. The molecule has 1 atom stereocenters. The topological polar surface area (TPSA) is 64.3 Å². The predicted molar refractivity (Wildman–Crippen MR) is 101 cm³/mol. The predicted octanol–water partition coefficient (Wildman–Crippen LogP) is 3.46. The van der Waals surface area contributed by atoms with Crippen LogP contribution in [0.15, 0.2) is 24.3 Å². The summed E-state index contributed by atoms with van der Waals surface area (Å²) in [5.41, 5.74) is 7.03. The van der Waals surface area contributed by atoms with Gasteiger partial charge >= 0.3 is 0 Å². The van der Waals surface area contributed by atoms with Crippen LogP contribution < -0.4 is 15.8 Å². The Morgan fingerprint density at radius 2 is 1.92 bits per heavy atom. The Morgan fingerprint density at radius 1 is 1.25 bits per heavy atom. The van der Waals surface area contributed by atoms with Crippen LogP contribution in [0.1, 0.15) is 51.0 Å². The molecule has 1 aromatic carbocycles. The smallest absolute Gasteiger partial charge is 0.220 e. The molecule has 0 radical (unpaired) electrons. The van der Waals surface area contributed by atoms with Gasteiger partial charge in [-0.1, -0.05) is 31.4 Å². The zero-order valence-corrected chi connectivity index (χ0v) is 15.4. The van der Waals surface area contributed by atoms with Crippen molar-refractivity contribution in [3.63, 3.8) is 0 Å². The normalized spacial score (nSPS) is 16.1. The first-order valence-electron chi connectivity index (χ1n) is 8.94. The highest BCUT2D eigenvalue weighted by Gasteiger charge is 2.23. The van der Waals surface area contributed by atoms with Gasteiger partial charge in [0, 0.05) is 19.0 Å². The van der Waals surface area contributed by atoms with Crippen LogP contribution in [0, 0.1) is 5.92 Å². The lowest BCUT2D eigenvalue weighted by Crippen LogP contribution is -2.45. The van der Waals surface area contributed by atoms with E-state index in [1.807, 2.05) is 31.2 Å². The first kappa shape index (κ1) is 20.8. The molecule has 4 nitrogen and oxygen atoms in total. The number of amides is 1. The zero-order valence-electron chi connectivity index (χ0n) is 14.6. The Morgan fingerprint density at radius 3 is 2.50 bits per heavy atom. The van der Waals surface area contributed by atoms with Gasteiger partial charge in [-0.15, -0.1) is 12.4 Å². The molecule has 1 saturated carbocycles. The highest BCUT2D eigenvalue weighted by molar-refractivity contribution is 5.85. The number of carbonyl (C=O) groups is 1. The summed E-state index contributed by atoms with van der Waals surface area (Å²) < 4.78 is 5.43. The molecule has 136 valence electrons. The number of nitrogens with one attached hydrogen (secondary N) is 1. The van der Waals surface area contributed by atoms with Crippen LogP contribution in [-0.4, -0.2) is 25.1 Å². The van der Waals surface area contributed by atoms with E-state index in [0.29, 0.717) is 25.5 Å². The summed E-state index contributed by atoms with van der Waals surface area (Å²) in [4.78, 5) is 12.2. The van der Waals surface area contributed by atoms with Crippen molar-refractivity contribution in [2.24, 2.45) is 11.7 Å². The molecule has 1 aromatic rings. The SMILES string of the molecule is CCOc1ccc(CCC(=O)NC(CN)C2CCCCC2)cc1.Cl. The lowest BCUT2D eigenvalue weighted by atomic mass is 9.84. The monoisotopic (exact) mass is 354 g/mol. The lowest BCUT2D eigenvalue weighted by Gasteiger charge is -2.30. The molecule has 0 aliphatic heterocycles. The average Bonchev–Trinajstić information content (AvgIpc) is 2.60. The van der Waals surface area contributed by atoms with E-state index in [1.165, 1.54) is 32.1 Å². The van der Waals surface area contributed by atoms with Crippen LogP contribution in [0.2, 0.25) is 0 Å². The van der Waals surface area contributed by atoms with Crippen LogP contribution in [-0.2, 0) is 11.2 Å². The second-order valence-electron chi connectivity index (χ2n) is 6.38. The molecule has 1 fully saturated rings. The summed E-state index contributed by atoms with van der Waals surface area (Å²) in [5.74, 6) is 1.55. The van der Waals surface area contributed by atoms with Crippen molar-refractivity contribution >= 4 is 18.3 Å². The molecule has 2 rings (SSSR count). The van der Waals surface area contributed by atoms with Gasteiger partial charge in [0.15, 0.2) is 0 Å². The van der Waals surface area contributed by atoms with Gasteiger partial charge < -0.3 is 15.8 Å². The summed E-state index contributed by atoms with van der Waals surface area (Å²) in [7, 11) is 0. The molecule has 1 unspecified atom stereocenters. The van der Waals surface area contributed by atoms with Gasteiger partial charge in [-0.25, -0.2) is 0 Å². The minimum absolute atomic E-state index is 0. The van der Waals surface area contributed by atoms with Crippen molar-refractivity contribution in [3.8, 4) is 5.75 Å². The number of aryl methyl sites for hydroxylation is 1. The molecular formula is C19H31ClN2O2. The van der Waals surface area contributed by atoms with Crippen LogP contribution >= 0.6 is 12.4 Å². The second kappa shape index (κ2) is 11.3. The molecule has 1 amide bonds. The standard InChI is InChI=1S/C19H30N2O2.ClH/c1-2-23-17-11-8-15(9-12-17)10-13-19(22)21-18(14-20)16-6-4-3-5-7-16;/h8-9,11-12,16,18H,2-7,10,13-14,20H2,1H3,(H,21,22);1H. The van der Waals surface area contributed by atoms with Gasteiger partial charge in [0.2, 0.25) is 5.91 Å². The van der Waals surface area contributed by atoms with Gasteiger partial charge in [0.1, 0.15) is 5.75 Å². The maximum Gasteiger partial charge on any atom is 0.220 e. The molecule has 1 aliphatic rings. The van der Waals surface area contributed by atoms with Crippen LogP contribution in [0.4, 0.5) is 0 Å². The molecule has 0 heterocycles.